The molecule has 3 heterocycles. The minimum atomic E-state index is -0.451. The smallest absolute Gasteiger partial charge is 0.342 e. The maximum atomic E-state index is 13.4. The summed E-state index contributed by atoms with van der Waals surface area (Å²) in [5.41, 5.74) is 2.58. The van der Waals surface area contributed by atoms with Gasteiger partial charge in [0.05, 0.1) is 19.3 Å². The number of furan rings is 1. The zero-order chi connectivity index (χ0) is 29.2. The van der Waals surface area contributed by atoms with Crippen molar-refractivity contribution in [2.24, 2.45) is 5.92 Å². The first-order valence-electron chi connectivity index (χ1n) is 15.3. The standard InChI is InChI=1S/C34H41N3O5/c1-4-40-34(39)28-22(2)42-33-26-11-10-25(41-21-23-8-6-5-7-9-23)20-27(26)32(38)30(29(28)33)31(24-12-14-35-15-13-24)37-18-16-36(3)17-19-37/h10-15,20,23,31,38H,4-9,16-19,21H2,1-3H3. The van der Waals surface area contributed by atoms with Crippen LogP contribution in [0.5, 0.6) is 11.5 Å². The molecule has 1 saturated heterocycles. The van der Waals surface area contributed by atoms with E-state index in [1.165, 1.54) is 32.1 Å². The summed E-state index contributed by atoms with van der Waals surface area (Å²) in [5, 5.41) is 14.2. The number of piperazine rings is 1. The lowest BCUT2D eigenvalue weighted by Gasteiger charge is -2.39. The molecule has 8 nitrogen and oxygen atoms in total. The first-order valence-corrected chi connectivity index (χ1v) is 15.3. The Kier molecular flexibility index (Phi) is 8.36. The van der Waals surface area contributed by atoms with E-state index in [0.29, 0.717) is 45.8 Å². The molecule has 42 heavy (non-hydrogen) atoms. The van der Waals surface area contributed by atoms with Crippen LogP contribution >= 0.6 is 0 Å². The van der Waals surface area contributed by atoms with Crippen molar-refractivity contribution >= 4 is 27.7 Å². The highest BCUT2D eigenvalue weighted by molar-refractivity contribution is 6.17. The molecule has 2 aliphatic rings. The number of pyridine rings is 1. The highest BCUT2D eigenvalue weighted by Crippen LogP contribution is 2.48. The zero-order valence-electron chi connectivity index (χ0n) is 24.9. The van der Waals surface area contributed by atoms with Crippen LogP contribution in [0.15, 0.2) is 47.1 Å². The number of carbonyl (C=O) groups is 1. The van der Waals surface area contributed by atoms with E-state index in [9.17, 15) is 9.90 Å². The van der Waals surface area contributed by atoms with Crippen LogP contribution < -0.4 is 4.74 Å². The van der Waals surface area contributed by atoms with Gasteiger partial charge in [0.25, 0.3) is 0 Å². The Hall–Kier alpha value is -3.62. The van der Waals surface area contributed by atoms with Crippen molar-refractivity contribution in [2.45, 2.75) is 52.0 Å². The normalized spacial score (nSPS) is 18.0. The van der Waals surface area contributed by atoms with Crippen LogP contribution in [0.2, 0.25) is 0 Å². The minimum Gasteiger partial charge on any atom is -0.507 e. The molecule has 1 aliphatic carbocycles. The van der Waals surface area contributed by atoms with Crippen molar-refractivity contribution < 1.29 is 23.8 Å². The van der Waals surface area contributed by atoms with E-state index in [2.05, 4.69) is 21.8 Å². The van der Waals surface area contributed by atoms with Crippen LogP contribution in [0, 0.1) is 12.8 Å². The molecule has 1 aliphatic heterocycles. The first kappa shape index (κ1) is 28.5. The number of hydrogen-bond donors (Lipinski definition) is 1. The maximum Gasteiger partial charge on any atom is 0.342 e. The van der Waals surface area contributed by atoms with Crippen molar-refractivity contribution in [2.75, 3.05) is 46.4 Å². The first-order chi connectivity index (χ1) is 20.5. The number of carbonyl (C=O) groups excluding carboxylic acids is 1. The molecule has 0 bridgehead atoms. The third-order valence-corrected chi connectivity index (χ3v) is 8.99. The number of aromatic hydroxyl groups is 1. The van der Waals surface area contributed by atoms with Gasteiger partial charge in [-0.2, -0.15) is 0 Å². The number of benzene rings is 2. The summed E-state index contributed by atoms with van der Waals surface area (Å²) in [6.07, 6.45) is 9.78. The quantitative estimate of drug-likeness (QED) is 0.241. The highest BCUT2D eigenvalue weighted by Gasteiger charge is 2.35. The summed E-state index contributed by atoms with van der Waals surface area (Å²) < 4.78 is 18.2. The van der Waals surface area contributed by atoms with Gasteiger partial charge in [0, 0.05) is 60.3 Å². The number of phenols is 1. The van der Waals surface area contributed by atoms with E-state index in [-0.39, 0.29) is 18.4 Å². The Balaban J connectivity index is 1.56. The largest absolute Gasteiger partial charge is 0.507 e. The van der Waals surface area contributed by atoms with Gasteiger partial charge in [0.1, 0.15) is 28.4 Å². The molecular formula is C34H41N3O5. The van der Waals surface area contributed by atoms with E-state index < -0.39 is 5.97 Å². The van der Waals surface area contributed by atoms with Crippen LogP contribution in [-0.2, 0) is 4.74 Å². The molecule has 2 fully saturated rings. The lowest BCUT2D eigenvalue weighted by molar-refractivity contribution is 0.0526. The van der Waals surface area contributed by atoms with Gasteiger partial charge < -0.3 is 23.9 Å². The molecule has 0 amide bonds. The second kappa shape index (κ2) is 12.3. The number of esters is 1. The SMILES string of the molecule is CCOC(=O)c1c(C)oc2c1c(C(c1ccncc1)N1CCN(C)CC1)c(O)c1cc(OCC3CCCCC3)ccc12. The van der Waals surface area contributed by atoms with Gasteiger partial charge >= 0.3 is 5.97 Å². The Bertz CT molecular complexity index is 1550. The topological polar surface area (TPSA) is 88.3 Å². The van der Waals surface area contributed by atoms with Gasteiger partial charge in [-0.05, 0) is 75.5 Å². The lowest BCUT2D eigenvalue weighted by atomic mass is 9.88. The van der Waals surface area contributed by atoms with E-state index in [1.54, 1.807) is 26.2 Å². The lowest BCUT2D eigenvalue weighted by Crippen LogP contribution is -2.46. The molecule has 1 unspecified atom stereocenters. The molecule has 1 saturated carbocycles. The fourth-order valence-corrected chi connectivity index (χ4v) is 6.73. The molecule has 0 spiro atoms. The molecule has 222 valence electrons. The van der Waals surface area contributed by atoms with Crippen molar-refractivity contribution in [3.05, 3.63) is 65.2 Å². The Labute approximate surface area is 247 Å². The number of phenolic OH excluding ortho intramolecular Hbond substituents is 1. The van der Waals surface area contributed by atoms with Gasteiger partial charge in [-0.15, -0.1) is 0 Å². The number of aromatic nitrogens is 1. The number of hydrogen-bond acceptors (Lipinski definition) is 8. The molecule has 6 rings (SSSR count). The van der Waals surface area contributed by atoms with E-state index >= 15 is 0 Å². The van der Waals surface area contributed by atoms with Gasteiger partial charge in [0.2, 0.25) is 0 Å². The molecule has 0 radical (unpaired) electrons. The number of ether oxygens (including phenoxy) is 2. The van der Waals surface area contributed by atoms with E-state index in [0.717, 1.165) is 42.9 Å². The molecule has 1 atom stereocenters. The van der Waals surface area contributed by atoms with Gasteiger partial charge in [0.15, 0.2) is 0 Å². The summed E-state index contributed by atoms with van der Waals surface area (Å²) in [5.74, 6) is 1.44. The Morgan fingerprint density at radius 2 is 1.81 bits per heavy atom. The molecule has 2 aromatic carbocycles. The van der Waals surface area contributed by atoms with E-state index in [1.807, 2.05) is 30.3 Å². The number of aryl methyl sites for hydroxylation is 1. The predicted octanol–water partition coefficient (Wildman–Crippen LogP) is 6.47. The Morgan fingerprint density at radius 3 is 2.52 bits per heavy atom. The summed E-state index contributed by atoms with van der Waals surface area (Å²) in [6.45, 7) is 7.90. The highest BCUT2D eigenvalue weighted by atomic mass is 16.5. The fourth-order valence-electron chi connectivity index (χ4n) is 6.73. The second-order valence-electron chi connectivity index (χ2n) is 11.8. The number of fused-ring (bicyclic) bond motifs is 3. The van der Waals surface area contributed by atoms with Gasteiger partial charge in [-0.3, -0.25) is 9.88 Å². The summed E-state index contributed by atoms with van der Waals surface area (Å²) in [6, 6.07) is 9.44. The van der Waals surface area contributed by atoms with E-state index in [4.69, 9.17) is 13.9 Å². The fraction of sp³-hybridized carbons (Fsp3) is 0.471. The third-order valence-electron chi connectivity index (χ3n) is 8.99. The van der Waals surface area contributed by atoms with Crippen LogP contribution in [-0.4, -0.2) is 72.3 Å². The molecule has 2 aromatic heterocycles. The number of nitrogens with zero attached hydrogens (tertiary/aromatic N) is 3. The predicted molar refractivity (Wildman–Crippen MR) is 163 cm³/mol. The summed E-state index contributed by atoms with van der Waals surface area (Å²) >= 11 is 0. The van der Waals surface area contributed by atoms with Gasteiger partial charge in [-0.1, -0.05) is 19.3 Å². The average Bonchev–Trinajstić information content (AvgIpc) is 3.36. The number of rotatable bonds is 8. The zero-order valence-corrected chi connectivity index (χ0v) is 24.9. The van der Waals surface area contributed by atoms with Crippen LogP contribution in [0.3, 0.4) is 0 Å². The van der Waals surface area contributed by atoms with Crippen molar-refractivity contribution in [1.29, 1.82) is 0 Å². The molecule has 4 aromatic rings. The second-order valence-corrected chi connectivity index (χ2v) is 11.8. The van der Waals surface area contributed by atoms with Gasteiger partial charge in [-0.25, -0.2) is 4.79 Å². The average molecular weight is 572 g/mol. The Morgan fingerprint density at radius 1 is 1.07 bits per heavy atom. The number of likely N-dealkylation sites (N-methyl/N-ethyl adjacent to an activating group) is 1. The van der Waals surface area contributed by atoms with Crippen LogP contribution in [0.25, 0.3) is 21.7 Å². The van der Waals surface area contributed by atoms with Crippen molar-refractivity contribution in [3.8, 4) is 11.5 Å². The monoisotopic (exact) mass is 571 g/mol. The third kappa shape index (κ3) is 5.45. The molecule has 8 heteroatoms. The minimum absolute atomic E-state index is 0.132. The molecular weight excluding hydrogens is 530 g/mol. The molecule has 1 N–H and O–H groups in total. The maximum absolute atomic E-state index is 13.4. The van der Waals surface area contributed by atoms with Crippen molar-refractivity contribution in [1.82, 2.24) is 14.8 Å². The van der Waals surface area contributed by atoms with Crippen LogP contribution in [0.1, 0.15) is 72.3 Å². The van der Waals surface area contributed by atoms with Crippen LogP contribution in [0.4, 0.5) is 0 Å². The summed E-state index contributed by atoms with van der Waals surface area (Å²) in [7, 11) is 2.12. The van der Waals surface area contributed by atoms with Crippen molar-refractivity contribution in [3.63, 3.8) is 0 Å². The summed E-state index contributed by atoms with van der Waals surface area (Å²) in [4.78, 5) is 22.3.